The Hall–Kier alpha value is -1.56. The van der Waals surface area contributed by atoms with Crippen LogP contribution in [0.5, 0.6) is 0 Å². The topological polar surface area (TPSA) is 38.9 Å². The van der Waals surface area contributed by atoms with E-state index >= 15 is 0 Å². The van der Waals surface area contributed by atoms with Gasteiger partial charge in [0.2, 0.25) is 0 Å². The number of alkyl halides is 3. The molecular formula is C13H13F3N2S. The van der Waals surface area contributed by atoms with Crippen molar-refractivity contribution in [3.05, 3.63) is 46.0 Å². The summed E-state index contributed by atoms with van der Waals surface area (Å²) in [5, 5.41) is 0.399. The van der Waals surface area contributed by atoms with Gasteiger partial charge in [-0.15, -0.1) is 11.3 Å². The number of nitrogens with zero attached hydrogens (tertiary/aromatic N) is 1. The Kier molecular flexibility index (Phi) is 3.80. The molecule has 0 saturated carbocycles. The number of aryl methyl sites for hydroxylation is 1. The quantitative estimate of drug-likeness (QED) is 0.929. The van der Waals surface area contributed by atoms with Crippen molar-refractivity contribution in [2.45, 2.75) is 25.9 Å². The zero-order valence-corrected chi connectivity index (χ0v) is 11.1. The molecule has 1 aromatic heterocycles. The van der Waals surface area contributed by atoms with Crippen LogP contribution in [0.15, 0.2) is 24.3 Å². The Morgan fingerprint density at radius 2 is 1.95 bits per heavy atom. The smallest absolute Gasteiger partial charge is 0.375 e. The van der Waals surface area contributed by atoms with E-state index in [0.717, 1.165) is 16.6 Å². The van der Waals surface area contributed by atoms with Gasteiger partial charge in [0.1, 0.15) is 0 Å². The first kappa shape index (κ1) is 13.9. The lowest BCUT2D eigenvalue weighted by Crippen LogP contribution is -2.09. The lowest BCUT2D eigenvalue weighted by atomic mass is 10.0. The van der Waals surface area contributed by atoms with Crippen LogP contribution in [0.3, 0.4) is 0 Å². The van der Waals surface area contributed by atoms with Crippen molar-refractivity contribution in [3.8, 4) is 0 Å². The van der Waals surface area contributed by atoms with Crippen LogP contribution in [0.2, 0.25) is 0 Å². The highest BCUT2D eigenvalue weighted by molar-refractivity contribution is 7.15. The molecule has 2 nitrogen and oxygen atoms in total. The van der Waals surface area contributed by atoms with E-state index in [4.69, 9.17) is 5.73 Å². The molecule has 0 aliphatic rings. The Morgan fingerprint density at radius 1 is 1.26 bits per heavy atom. The maximum atomic E-state index is 12.9. The van der Waals surface area contributed by atoms with Crippen molar-refractivity contribution in [2.75, 3.05) is 5.73 Å². The standard InChI is InChI=1S/C13H13F3N2S/c1-2-10-11(19-12(17)18-10)7-8-5-3-4-6-9(8)13(14,15)16/h3-6H,2,7H2,1H3,(H2,17,18). The van der Waals surface area contributed by atoms with Crippen molar-refractivity contribution in [1.29, 1.82) is 0 Å². The van der Waals surface area contributed by atoms with Gasteiger partial charge in [-0.05, 0) is 18.1 Å². The molecule has 2 aromatic rings. The highest BCUT2D eigenvalue weighted by Gasteiger charge is 2.33. The van der Waals surface area contributed by atoms with Crippen LogP contribution < -0.4 is 5.73 Å². The first-order valence-corrected chi connectivity index (χ1v) is 6.62. The van der Waals surface area contributed by atoms with Crippen LogP contribution in [-0.4, -0.2) is 4.98 Å². The Labute approximate surface area is 113 Å². The van der Waals surface area contributed by atoms with Gasteiger partial charge in [0, 0.05) is 11.3 Å². The summed E-state index contributed by atoms with van der Waals surface area (Å²) in [6.07, 6.45) is -3.45. The predicted octanol–water partition coefficient (Wildman–Crippen LogP) is 3.90. The van der Waals surface area contributed by atoms with Crippen molar-refractivity contribution >= 4 is 16.5 Å². The van der Waals surface area contributed by atoms with Crippen LogP contribution in [0, 0.1) is 0 Å². The van der Waals surface area contributed by atoms with E-state index in [9.17, 15) is 13.2 Å². The Balaban J connectivity index is 2.38. The van der Waals surface area contributed by atoms with Gasteiger partial charge in [-0.25, -0.2) is 4.98 Å². The molecule has 0 atom stereocenters. The summed E-state index contributed by atoms with van der Waals surface area (Å²) in [6, 6.07) is 5.61. The third kappa shape index (κ3) is 3.07. The zero-order chi connectivity index (χ0) is 14.0. The van der Waals surface area contributed by atoms with Gasteiger partial charge >= 0.3 is 6.18 Å². The van der Waals surface area contributed by atoms with Gasteiger partial charge in [-0.2, -0.15) is 13.2 Å². The van der Waals surface area contributed by atoms with Crippen molar-refractivity contribution < 1.29 is 13.2 Å². The molecule has 0 aliphatic heterocycles. The summed E-state index contributed by atoms with van der Waals surface area (Å²) in [6.45, 7) is 1.91. The fourth-order valence-electron chi connectivity index (χ4n) is 1.94. The SMILES string of the molecule is CCc1nc(N)sc1Cc1ccccc1C(F)(F)F. The van der Waals surface area contributed by atoms with Crippen molar-refractivity contribution in [1.82, 2.24) is 4.98 Å². The third-order valence-corrected chi connectivity index (χ3v) is 3.73. The lowest BCUT2D eigenvalue weighted by Gasteiger charge is -2.12. The predicted molar refractivity (Wildman–Crippen MR) is 70.2 cm³/mol. The molecule has 0 saturated heterocycles. The molecule has 2 N–H and O–H groups in total. The number of anilines is 1. The van der Waals surface area contributed by atoms with E-state index in [2.05, 4.69) is 4.98 Å². The number of hydrogen-bond donors (Lipinski definition) is 1. The Morgan fingerprint density at radius 3 is 2.58 bits per heavy atom. The largest absolute Gasteiger partial charge is 0.416 e. The van der Waals surface area contributed by atoms with E-state index in [1.165, 1.54) is 23.5 Å². The molecule has 2 rings (SSSR count). The highest BCUT2D eigenvalue weighted by Crippen LogP contribution is 2.34. The minimum Gasteiger partial charge on any atom is -0.375 e. The van der Waals surface area contributed by atoms with E-state index in [-0.39, 0.29) is 12.0 Å². The number of thiazole rings is 1. The van der Waals surface area contributed by atoms with Crippen LogP contribution in [-0.2, 0) is 19.0 Å². The molecular weight excluding hydrogens is 273 g/mol. The molecule has 0 aliphatic carbocycles. The van der Waals surface area contributed by atoms with Gasteiger partial charge in [0.05, 0.1) is 11.3 Å². The molecule has 6 heteroatoms. The van der Waals surface area contributed by atoms with Gasteiger partial charge in [0.25, 0.3) is 0 Å². The fourth-order valence-corrected chi connectivity index (χ4v) is 2.89. The number of benzene rings is 1. The number of aromatic nitrogens is 1. The van der Waals surface area contributed by atoms with Crippen LogP contribution >= 0.6 is 11.3 Å². The van der Waals surface area contributed by atoms with Crippen LogP contribution in [0.25, 0.3) is 0 Å². The third-order valence-electron chi connectivity index (χ3n) is 2.80. The van der Waals surface area contributed by atoms with Gasteiger partial charge in [-0.1, -0.05) is 25.1 Å². The average molecular weight is 286 g/mol. The maximum Gasteiger partial charge on any atom is 0.416 e. The second kappa shape index (κ2) is 5.21. The Bertz CT molecular complexity index is 576. The minimum atomic E-state index is -4.33. The van der Waals surface area contributed by atoms with Gasteiger partial charge in [-0.3, -0.25) is 0 Å². The number of halogens is 3. The van der Waals surface area contributed by atoms with Gasteiger partial charge in [0.15, 0.2) is 5.13 Å². The average Bonchev–Trinajstić information content (AvgIpc) is 2.69. The number of rotatable bonds is 3. The van der Waals surface area contributed by atoms with E-state index in [1.54, 1.807) is 6.07 Å². The maximum absolute atomic E-state index is 12.9. The van der Waals surface area contributed by atoms with Gasteiger partial charge < -0.3 is 5.73 Å². The molecule has 0 fully saturated rings. The molecule has 1 aromatic carbocycles. The second-order valence-corrected chi connectivity index (χ2v) is 5.22. The van der Waals surface area contributed by atoms with Crippen LogP contribution in [0.4, 0.5) is 18.3 Å². The molecule has 0 spiro atoms. The first-order valence-electron chi connectivity index (χ1n) is 5.81. The normalized spacial score (nSPS) is 11.8. The molecule has 0 amide bonds. The number of hydrogen-bond acceptors (Lipinski definition) is 3. The molecule has 0 radical (unpaired) electrons. The highest BCUT2D eigenvalue weighted by atomic mass is 32.1. The molecule has 19 heavy (non-hydrogen) atoms. The summed E-state index contributed by atoms with van der Waals surface area (Å²) in [5.41, 5.74) is 6.06. The van der Waals surface area contributed by atoms with Crippen LogP contribution in [0.1, 0.15) is 28.6 Å². The summed E-state index contributed by atoms with van der Waals surface area (Å²) >= 11 is 1.25. The second-order valence-electron chi connectivity index (χ2n) is 4.11. The fraction of sp³-hybridized carbons (Fsp3) is 0.308. The van der Waals surface area contributed by atoms with Crippen molar-refractivity contribution in [3.63, 3.8) is 0 Å². The molecule has 1 heterocycles. The number of nitrogens with two attached hydrogens (primary N) is 1. The monoisotopic (exact) mass is 286 g/mol. The van der Waals surface area contributed by atoms with E-state index < -0.39 is 11.7 Å². The summed E-state index contributed by atoms with van der Waals surface area (Å²) in [4.78, 5) is 4.93. The summed E-state index contributed by atoms with van der Waals surface area (Å²) in [7, 11) is 0. The minimum absolute atomic E-state index is 0.216. The molecule has 102 valence electrons. The van der Waals surface area contributed by atoms with E-state index in [0.29, 0.717) is 11.6 Å². The van der Waals surface area contributed by atoms with Crippen molar-refractivity contribution in [2.24, 2.45) is 0 Å². The molecule has 0 unspecified atom stereocenters. The zero-order valence-electron chi connectivity index (χ0n) is 10.3. The first-order chi connectivity index (χ1) is 8.91. The number of nitrogen functional groups attached to an aromatic ring is 1. The molecule has 0 bridgehead atoms. The summed E-state index contributed by atoms with van der Waals surface area (Å²) < 4.78 is 38.7. The lowest BCUT2D eigenvalue weighted by molar-refractivity contribution is -0.138. The van der Waals surface area contributed by atoms with E-state index in [1.807, 2.05) is 6.92 Å². The summed E-state index contributed by atoms with van der Waals surface area (Å²) in [5.74, 6) is 0.